The number of rotatable bonds is 4. The molecule has 2 unspecified atom stereocenters. The zero-order chi connectivity index (χ0) is 24.5. The minimum Gasteiger partial charge on any atom is -0.497 e. The predicted octanol–water partition coefficient (Wildman–Crippen LogP) is 4.37. The van der Waals surface area contributed by atoms with Crippen molar-refractivity contribution in [3.05, 3.63) is 82.9 Å². The number of halogens is 1. The van der Waals surface area contributed by atoms with Gasteiger partial charge in [-0.2, -0.15) is 0 Å². The van der Waals surface area contributed by atoms with Crippen LogP contribution in [0.4, 0.5) is 5.69 Å². The third-order valence-electron chi connectivity index (χ3n) is 6.54. The van der Waals surface area contributed by atoms with Crippen molar-refractivity contribution < 1.29 is 19.1 Å². The van der Waals surface area contributed by atoms with Crippen LogP contribution in [-0.2, 0) is 4.79 Å². The van der Waals surface area contributed by atoms with E-state index >= 15 is 0 Å². The Morgan fingerprint density at radius 2 is 1.74 bits per heavy atom. The molecule has 3 aromatic carbocycles. The third kappa shape index (κ3) is 4.59. The van der Waals surface area contributed by atoms with Crippen molar-refractivity contribution >= 4 is 35.0 Å². The van der Waals surface area contributed by atoms with E-state index in [1.54, 1.807) is 60.5 Å². The van der Waals surface area contributed by atoms with E-state index in [1.165, 1.54) is 0 Å². The van der Waals surface area contributed by atoms with Crippen LogP contribution in [0.2, 0.25) is 5.02 Å². The van der Waals surface area contributed by atoms with Crippen LogP contribution in [0.25, 0.3) is 11.1 Å². The zero-order valence-electron chi connectivity index (χ0n) is 19.1. The Morgan fingerprint density at radius 1 is 1.03 bits per heavy atom. The molecule has 2 atom stereocenters. The first kappa shape index (κ1) is 22.9. The summed E-state index contributed by atoms with van der Waals surface area (Å²) in [5.41, 5.74) is 3.25. The minimum absolute atomic E-state index is 0.195. The summed E-state index contributed by atoms with van der Waals surface area (Å²) < 4.78 is 5.14. The number of ether oxygens (including phenoxy) is 1. The van der Waals surface area contributed by atoms with Crippen LogP contribution in [0.3, 0.4) is 0 Å². The topological polar surface area (TPSA) is 87.7 Å². The molecule has 0 radical (unpaired) electrons. The molecule has 0 saturated carbocycles. The standard InChI is InChI=1S/C27H24ClN3O4/c1-35-21-9-4-17(5-10-21)25(32)29-20-12-13-31-24(15-20)26(33)30-23-11-6-18(14-22(23)27(31)34)16-2-7-19(28)8-3-16/h2-11,14,20,24H,12-13,15H2,1H3,(H,29,32)(H,30,33). The van der Waals surface area contributed by atoms with Gasteiger partial charge in [0.2, 0.25) is 5.91 Å². The second kappa shape index (κ2) is 9.43. The number of carbonyl (C=O) groups is 3. The van der Waals surface area contributed by atoms with Crippen molar-refractivity contribution in [3.63, 3.8) is 0 Å². The fourth-order valence-electron chi connectivity index (χ4n) is 4.62. The molecule has 2 aliphatic heterocycles. The molecule has 1 fully saturated rings. The van der Waals surface area contributed by atoms with E-state index in [2.05, 4.69) is 10.6 Å². The smallest absolute Gasteiger partial charge is 0.256 e. The number of piperidine rings is 1. The van der Waals surface area contributed by atoms with Gasteiger partial charge in [0.25, 0.3) is 11.8 Å². The van der Waals surface area contributed by atoms with Crippen molar-refractivity contribution in [1.82, 2.24) is 10.2 Å². The normalized spacial score (nSPS) is 19.2. The van der Waals surface area contributed by atoms with Gasteiger partial charge in [0.15, 0.2) is 0 Å². The molecule has 0 aromatic heterocycles. The number of amides is 3. The van der Waals surface area contributed by atoms with E-state index in [0.717, 1.165) is 11.1 Å². The van der Waals surface area contributed by atoms with Gasteiger partial charge in [-0.25, -0.2) is 0 Å². The summed E-state index contributed by atoms with van der Waals surface area (Å²) in [5, 5.41) is 6.55. The van der Waals surface area contributed by atoms with Gasteiger partial charge in [-0.15, -0.1) is 0 Å². The van der Waals surface area contributed by atoms with Gasteiger partial charge in [0.1, 0.15) is 11.8 Å². The first-order valence-electron chi connectivity index (χ1n) is 11.4. The molecule has 5 rings (SSSR count). The fourth-order valence-corrected chi connectivity index (χ4v) is 4.75. The maximum atomic E-state index is 13.5. The van der Waals surface area contributed by atoms with Crippen LogP contribution in [0.15, 0.2) is 66.7 Å². The molecule has 0 spiro atoms. The highest BCUT2D eigenvalue weighted by molar-refractivity contribution is 6.30. The molecule has 8 heteroatoms. The lowest BCUT2D eigenvalue weighted by Gasteiger charge is -2.37. The van der Waals surface area contributed by atoms with Crippen LogP contribution in [0.5, 0.6) is 5.75 Å². The lowest BCUT2D eigenvalue weighted by Crippen LogP contribution is -2.55. The molecule has 178 valence electrons. The zero-order valence-corrected chi connectivity index (χ0v) is 19.8. The van der Waals surface area contributed by atoms with E-state index in [-0.39, 0.29) is 23.8 Å². The SMILES string of the molecule is COc1ccc(C(=O)NC2CCN3C(=O)c4cc(-c5ccc(Cl)cc5)ccc4NC(=O)C3C2)cc1. The lowest BCUT2D eigenvalue weighted by atomic mass is 9.95. The lowest BCUT2D eigenvalue weighted by molar-refractivity contribution is -0.121. The van der Waals surface area contributed by atoms with Gasteiger partial charge < -0.3 is 20.3 Å². The summed E-state index contributed by atoms with van der Waals surface area (Å²) in [5.74, 6) is 0.00321. The average Bonchev–Trinajstić information content (AvgIpc) is 2.98. The van der Waals surface area contributed by atoms with E-state index < -0.39 is 6.04 Å². The maximum absolute atomic E-state index is 13.5. The summed E-state index contributed by atoms with van der Waals surface area (Å²) >= 11 is 6.00. The quantitative estimate of drug-likeness (QED) is 0.569. The minimum atomic E-state index is -0.663. The highest BCUT2D eigenvalue weighted by atomic mass is 35.5. The first-order valence-corrected chi connectivity index (χ1v) is 11.8. The molecular weight excluding hydrogens is 466 g/mol. The molecule has 1 saturated heterocycles. The molecule has 2 N–H and O–H groups in total. The molecule has 7 nitrogen and oxygen atoms in total. The largest absolute Gasteiger partial charge is 0.497 e. The highest BCUT2D eigenvalue weighted by Crippen LogP contribution is 2.32. The highest BCUT2D eigenvalue weighted by Gasteiger charge is 2.40. The number of anilines is 1. The molecule has 35 heavy (non-hydrogen) atoms. The average molecular weight is 490 g/mol. The molecule has 3 amide bonds. The monoisotopic (exact) mass is 489 g/mol. The molecule has 2 aliphatic rings. The Morgan fingerprint density at radius 3 is 2.46 bits per heavy atom. The van der Waals surface area contributed by atoms with Gasteiger partial charge in [-0.3, -0.25) is 14.4 Å². The van der Waals surface area contributed by atoms with E-state index in [1.807, 2.05) is 18.2 Å². The van der Waals surface area contributed by atoms with Crippen molar-refractivity contribution in [2.45, 2.75) is 24.9 Å². The van der Waals surface area contributed by atoms with Crippen LogP contribution in [-0.4, -0.2) is 48.4 Å². The van der Waals surface area contributed by atoms with Gasteiger partial charge in [-0.05, 0) is 72.5 Å². The Hall–Kier alpha value is -3.84. The Balaban J connectivity index is 1.33. The predicted molar refractivity (Wildman–Crippen MR) is 134 cm³/mol. The first-order chi connectivity index (χ1) is 16.9. The number of methoxy groups -OCH3 is 1. The second-order valence-electron chi connectivity index (χ2n) is 8.69. The number of hydrogen-bond donors (Lipinski definition) is 2. The Kier molecular flexibility index (Phi) is 6.17. The molecule has 2 heterocycles. The van der Waals surface area contributed by atoms with Gasteiger partial charge >= 0.3 is 0 Å². The number of benzene rings is 3. The summed E-state index contributed by atoms with van der Waals surface area (Å²) in [6.07, 6.45) is 0.904. The summed E-state index contributed by atoms with van der Waals surface area (Å²) in [7, 11) is 1.57. The second-order valence-corrected chi connectivity index (χ2v) is 9.13. The Bertz CT molecular complexity index is 1290. The molecule has 0 bridgehead atoms. The number of carbonyl (C=O) groups excluding carboxylic acids is 3. The van der Waals surface area contributed by atoms with E-state index in [9.17, 15) is 14.4 Å². The summed E-state index contributed by atoms with van der Waals surface area (Å²) in [6.45, 7) is 0.370. The fraction of sp³-hybridized carbons (Fsp3) is 0.222. The molecule has 3 aromatic rings. The van der Waals surface area contributed by atoms with Crippen LogP contribution < -0.4 is 15.4 Å². The van der Waals surface area contributed by atoms with Gasteiger partial charge in [0, 0.05) is 23.2 Å². The number of nitrogens with one attached hydrogen (secondary N) is 2. The van der Waals surface area contributed by atoms with Crippen LogP contribution >= 0.6 is 11.6 Å². The van der Waals surface area contributed by atoms with Crippen molar-refractivity contribution in [2.24, 2.45) is 0 Å². The van der Waals surface area contributed by atoms with Crippen LogP contribution in [0, 0.1) is 0 Å². The van der Waals surface area contributed by atoms with Crippen molar-refractivity contribution in [1.29, 1.82) is 0 Å². The van der Waals surface area contributed by atoms with Gasteiger partial charge in [0.05, 0.1) is 18.4 Å². The van der Waals surface area contributed by atoms with Crippen molar-refractivity contribution in [3.8, 4) is 16.9 Å². The molecule has 0 aliphatic carbocycles. The number of nitrogens with zero attached hydrogens (tertiary/aromatic N) is 1. The van der Waals surface area contributed by atoms with Crippen molar-refractivity contribution in [2.75, 3.05) is 19.0 Å². The summed E-state index contributed by atoms with van der Waals surface area (Å²) in [4.78, 5) is 40.9. The molecular formula is C27H24ClN3O4. The summed E-state index contributed by atoms with van der Waals surface area (Å²) in [6, 6.07) is 18.8. The Labute approximate surface area is 208 Å². The van der Waals surface area contributed by atoms with Crippen LogP contribution in [0.1, 0.15) is 33.6 Å². The van der Waals surface area contributed by atoms with Gasteiger partial charge in [-0.1, -0.05) is 29.8 Å². The third-order valence-corrected chi connectivity index (χ3v) is 6.79. The van der Waals surface area contributed by atoms with E-state index in [0.29, 0.717) is 47.0 Å². The number of hydrogen-bond acceptors (Lipinski definition) is 4. The van der Waals surface area contributed by atoms with E-state index in [4.69, 9.17) is 16.3 Å². The maximum Gasteiger partial charge on any atom is 0.256 e. The number of fused-ring (bicyclic) bond motifs is 2.